The van der Waals surface area contributed by atoms with Gasteiger partial charge >= 0.3 is 0 Å². The minimum atomic E-state index is 0.452. The lowest BCUT2D eigenvalue weighted by molar-refractivity contribution is 0.416. The lowest BCUT2D eigenvalue weighted by atomic mass is 10.1. The molecule has 0 aliphatic heterocycles. The monoisotopic (exact) mass is 215 g/mol. The Balaban J connectivity index is 2.55. The molecule has 0 atom stereocenters. The second-order valence-electron chi connectivity index (χ2n) is 3.51. The number of aromatic nitrogens is 2. The molecule has 4 nitrogen and oxygen atoms in total. The summed E-state index contributed by atoms with van der Waals surface area (Å²) in [6.45, 7) is 2.01. The predicted octanol–water partition coefficient (Wildman–Crippen LogP) is 2.04. The maximum Gasteiger partial charge on any atom is 0.165 e. The third kappa shape index (κ3) is 1.95. The van der Waals surface area contributed by atoms with Crippen molar-refractivity contribution in [2.75, 3.05) is 12.8 Å². The number of nitrogen functional groups attached to an aromatic ring is 1. The Morgan fingerprint density at radius 2 is 2.06 bits per heavy atom. The highest BCUT2D eigenvalue weighted by Crippen LogP contribution is 2.28. The van der Waals surface area contributed by atoms with Crippen LogP contribution in [0.25, 0.3) is 11.4 Å². The smallest absolute Gasteiger partial charge is 0.165 e. The minimum absolute atomic E-state index is 0.452. The highest BCUT2D eigenvalue weighted by Gasteiger charge is 2.08. The molecule has 2 rings (SSSR count). The number of nitrogens with zero attached hydrogens (tertiary/aromatic N) is 2. The number of hydrogen-bond acceptors (Lipinski definition) is 4. The van der Waals surface area contributed by atoms with Crippen molar-refractivity contribution in [3.05, 3.63) is 36.0 Å². The number of methoxy groups -OCH3 is 1. The van der Waals surface area contributed by atoms with Crippen molar-refractivity contribution in [1.82, 2.24) is 9.97 Å². The van der Waals surface area contributed by atoms with E-state index in [-0.39, 0.29) is 0 Å². The van der Waals surface area contributed by atoms with Crippen molar-refractivity contribution < 1.29 is 4.74 Å². The predicted molar refractivity (Wildman–Crippen MR) is 63.2 cm³/mol. The number of ether oxygens (including phenoxy) is 1. The van der Waals surface area contributed by atoms with Crippen LogP contribution in [0.2, 0.25) is 0 Å². The van der Waals surface area contributed by atoms with Gasteiger partial charge in [-0.25, -0.2) is 9.97 Å². The molecule has 0 aliphatic rings. The first-order chi connectivity index (χ1) is 7.70. The van der Waals surface area contributed by atoms with E-state index in [4.69, 9.17) is 10.5 Å². The van der Waals surface area contributed by atoms with E-state index in [1.807, 2.05) is 25.1 Å². The maximum absolute atomic E-state index is 5.63. The lowest BCUT2D eigenvalue weighted by Crippen LogP contribution is -1.96. The topological polar surface area (TPSA) is 61.0 Å². The third-order valence-electron chi connectivity index (χ3n) is 2.28. The molecule has 0 amide bonds. The summed E-state index contributed by atoms with van der Waals surface area (Å²) in [5.74, 6) is 1.79. The molecule has 0 bridgehead atoms. The molecule has 1 aromatic carbocycles. The SMILES string of the molecule is COc1cc(C)ccc1-c1nccc(N)n1. The van der Waals surface area contributed by atoms with Gasteiger partial charge in [-0.05, 0) is 30.7 Å². The summed E-state index contributed by atoms with van der Waals surface area (Å²) in [4.78, 5) is 8.35. The molecule has 0 fully saturated rings. The van der Waals surface area contributed by atoms with E-state index in [2.05, 4.69) is 9.97 Å². The maximum atomic E-state index is 5.63. The van der Waals surface area contributed by atoms with Crippen LogP contribution in [0, 0.1) is 6.92 Å². The van der Waals surface area contributed by atoms with Crippen LogP contribution in [0.1, 0.15) is 5.56 Å². The molecule has 2 N–H and O–H groups in total. The van der Waals surface area contributed by atoms with Crippen LogP contribution in [0.5, 0.6) is 5.75 Å². The Kier molecular flexibility index (Phi) is 2.72. The number of rotatable bonds is 2. The number of anilines is 1. The first-order valence-corrected chi connectivity index (χ1v) is 4.94. The summed E-state index contributed by atoms with van der Waals surface area (Å²) < 4.78 is 5.30. The van der Waals surface area contributed by atoms with Crippen LogP contribution in [-0.2, 0) is 0 Å². The van der Waals surface area contributed by atoms with Gasteiger partial charge in [0.25, 0.3) is 0 Å². The van der Waals surface area contributed by atoms with Crippen LogP contribution in [0.3, 0.4) is 0 Å². The van der Waals surface area contributed by atoms with Gasteiger partial charge in [-0.1, -0.05) is 6.07 Å². The molecule has 0 radical (unpaired) electrons. The first-order valence-electron chi connectivity index (χ1n) is 4.94. The Bertz CT molecular complexity index is 511. The average Bonchev–Trinajstić information content (AvgIpc) is 2.28. The molecule has 0 saturated carbocycles. The van der Waals surface area contributed by atoms with Gasteiger partial charge in [-0.15, -0.1) is 0 Å². The zero-order valence-corrected chi connectivity index (χ0v) is 9.27. The second kappa shape index (κ2) is 4.18. The van der Waals surface area contributed by atoms with Gasteiger partial charge in [0, 0.05) is 6.20 Å². The van der Waals surface area contributed by atoms with Gasteiger partial charge in [0.15, 0.2) is 5.82 Å². The third-order valence-corrected chi connectivity index (χ3v) is 2.28. The molecular weight excluding hydrogens is 202 g/mol. The van der Waals surface area contributed by atoms with Gasteiger partial charge in [-0.3, -0.25) is 0 Å². The van der Waals surface area contributed by atoms with Gasteiger partial charge in [0.1, 0.15) is 11.6 Å². The molecule has 1 heterocycles. The van der Waals surface area contributed by atoms with Gasteiger partial charge in [-0.2, -0.15) is 0 Å². The van der Waals surface area contributed by atoms with E-state index in [1.165, 1.54) is 0 Å². The van der Waals surface area contributed by atoms with Crippen molar-refractivity contribution in [3.63, 3.8) is 0 Å². The molecule has 0 saturated heterocycles. The highest BCUT2D eigenvalue weighted by molar-refractivity contribution is 5.65. The first kappa shape index (κ1) is 10.4. The fourth-order valence-corrected chi connectivity index (χ4v) is 1.49. The van der Waals surface area contributed by atoms with Crippen molar-refractivity contribution in [2.24, 2.45) is 0 Å². The van der Waals surface area contributed by atoms with Crippen molar-refractivity contribution >= 4 is 5.82 Å². The molecule has 4 heteroatoms. The van der Waals surface area contributed by atoms with E-state index < -0.39 is 0 Å². The largest absolute Gasteiger partial charge is 0.496 e. The van der Waals surface area contributed by atoms with Crippen molar-refractivity contribution in [3.8, 4) is 17.1 Å². The van der Waals surface area contributed by atoms with Crippen LogP contribution < -0.4 is 10.5 Å². The number of benzene rings is 1. The normalized spacial score (nSPS) is 10.1. The Morgan fingerprint density at radius 1 is 1.25 bits per heavy atom. The summed E-state index contributed by atoms with van der Waals surface area (Å²) in [6.07, 6.45) is 1.64. The fourth-order valence-electron chi connectivity index (χ4n) is 1.49. The lowest BCUT2D eigenvalue weighted by Gasteiger charge is -2.08. The fraction of sp³-hybridized carbons (Fsp3) is 0.167. The average molecular weight is 215 g/mol. The quantitative estimate of drug-likeness (QED) is 0.832. The van der Waals surface area contributed by atoms with E-state index in [9.17, 15) is 0 Å². The van der Waals surface area contributed by atoms with Crippen LogP contribution in [0.15, 0.2) is 30.5 Å². The molecule has 1 aromatic heterocycles. The second-order valence-corrected chi connectivity index (χ2v) is 3.51. The van der Waals surface area contributed by atoms with Crippen LogP contribution in [0.4, 0.5) is 5.82 Å². The van der Waals surface area contributed by atoms with Crippen molar-refractivity contribution in [2.45, 2.75) is 6.92 Å². The molecule has 16 heavy (non-hydrogen) atoms. The standard InChI is InChI=1S/C12H13N3O/c1-8-3-4-9(10(7-8)16-2)12-14-6-5-11(13)15-12/h3-7H,1-2H3,(H2,13,14,15). The zero-order valence-electron chi connectivity index (χ0n) is 9.27. The summed E-state index contributed by atoms with van der Waals surface area (Å²) >= 11 is 0. The molecule has 82 valence electrons. The van der Waals surface area contributed by atoms with Crippen molar-refractivity contribution in [1.29, 1.82) is 0 Å². The van der Waals surface area contributed by atoms with Gasteiger partial charge in [0.05, 0.1) is 12.7 Å². The number of aryl methyl sites for hydroxylation is 1. The highest BCUT2D eigenvalue weighted by atomic mass is 16.5. The summed E-state index contributed by atoms with van der Waals surface area (Å²) in [6, 6.07) is 7.53. The van der Waals surface area contributed by atoms with E-state index in [0.717, 1.165) is 16.9 Å². The molecule has 0 aliphatic carbocycles. The van der Waals surface area contributed by atoms with E-state index >= 15 is 0 Å². The minimum Gasteiger partial charge on any atom is -0.496 e. The zero-order chi connectivity index (χ0) is 11.5. The Labute approximate surface area is 94.1 Å². The molecular formula is C12H13N3O. The summed E-state index contributed by atoms with van der Waals surface area (Å²) in [7, 11) is 1.63. The Hall–Kier alpha value is -2.10. The molecule has 2 aromatic rings. The Morgan fingerprint density at radius 3 is 2.75 bits per heavy atom. The van der Waals surface area contributed by atoms with Gasteiger partial charge < -0.3 is 10.5 Å². The summed E-state index contributed by atoms with van der Waals surface area (Å²) in [5, 5.41) is 0. The summed E-state index contributed by atoms with van der Waals surface area (Å²) in [5.41, 5.74) is 7.60. The molecule has 0 spiro atoms. The number of hydrogen-bond donors (Lipinski definition) is 1. The van der Waals surface area contributed by atoms with E-state index in [0.29, 0.717) is 11.6 Å². The van der Waals surface area contributed by atoms with Crippen LogP contribution >= 0.6 is 0 Å². The molecule has 0 unspecified atom stereocenters. The van der Waals surface area contributed by atoms with E-state index in [1.54, 1.807) is 19.4 Å². The number of nitrogens with two attached hydrogens (primary N) is 1. The van der Waals surface area contributed by atoms with Crippen LogP contribution in [-0.4, -0.2) is 17.1 Å². The van der Waals surface area contributed by atoms with Gasteiger partial charge in [0.2, 0.25) is 0 Å².